The van der Waals surface area contributed by atoms with Gasteiger partial charge < -0.3 is 15.1 Å². The Morgan fingerprint density at radius 2 is 1.86 bits per heavy atom. The Hall–Kier alpha value is -4.10. The minimum absolute atomic E-state index is 0.0508. The molecule has 2 aliphatic rings. The van der Waals surface area contributed by atoms with Crippen LogP contribution in [0.5, 0.6) is 0 Å². The fraction of sp³-hybridized carbons (Fsp3) is 0.361. The van der Waals surface area contributed by atoms with Gasteiger partial charge in [-0.05, 0) is 92.4 Å². The van der Waals surface area contributed by atoms with Gasteiger partial charge in [-0.3, -0.25) is 9.59 Å². The Balaban J connectivity index is 0.000000993. The van der Waals surface area contributed by atoms with Crippen LogP contribution in [0.2, 0.25) is 0 Å². The highest BCUT2D eigenvalue weighted by atomic mass is 19.1. The Labute approximate surface area is 257 Å². The third-order valence-electron chi connectivity index (χ3n) is 7.33. The summed E-state index contributed by atoms with van der Waals surface area (Å²) >= 11 is 0. The Morgan fingerprint density at radius 3 is 2.47 bits per heavy atom. The average molecular weight is 587 g/mol. The minimum Gasteiger partial charge on any atom is -0.333 e. The van der Waals surface area contributed by atoms with Crippen LogP contribution in [0, 0.1) is 5.82 Å². The summed E-state index contributed by atoms with van der Waals surface area (Å²) in [6, 6.07) is 12.9. The van der Waals surface area contributed by atoms with Crippen LogP contribution in [0.15, 0.2) is 83.3 Å². The highest BCUT2D eigenvalue weighted by Gasteiger charge is 2.31. The lowest BCUT2D eigenvalue weighted by molar-refractivity contribution is -0.126. The Morgan fingerprint density at radius 1 is 1.19 bits per heavy atom. The average Bonchev–Trinajstić information content (AvgIpc) is 3.03. The van der Waals surface area contributed by atoms with E-state index in [9.17, 15) is 14.0 Å². The number of hydrogen-bond donors (Lipinski definition) is 1. The van der Waals surface area contributed by atoms with Crippen LogP contribution < -0.4 is 5.32 Å². The minimum atomic E-state index is -0.444. The van der Waals surface area contributed by atoms with Crippen molar-refractivity contribution in [2.45, 2.75) is 60.4 Å². The van der Waals surface area contributed by atoms with Crippen LogP contribution in [0.3, 0.4) is 0 Å². The van der Waals surface area contributed by atoms with Gasteiger partial charge in [0.05, 0.1) is 6.04 Å². The van der Waals surface area contributed by atoms with Gasteiger partial charge >= 0.3 is 0 Å². The van der Waals surface area contributed by atoms with Gasteiger partial charge in [-0.15, -0.1) is 0 Å². The fourth-order valence-electron chi connectivity index (χ4n) is 4.82. The topological polar surface area (TPSA) is 65.0 Å². The van der Waals surface area contributed by atoms with E-state index in [2.05, 4.69) is 31.0 Å². The number of hydrogen-bond acceptors (Lipinski definition) is 5. The van der Waals surface area contributed by atoms with E-state index < -0.39 is 5.82 Å². The molecule has 2 heterocycles. The highest BCUT2D eigenvalue weighted by molar-refractivity contribution is 6.43. The first-order valence-electron chi connectivity index (χ1n) is 15.0. The fourth-order valence-corrected chi connectivity index (χ4v) is 4.82. The molecule has 1 atom stereocenters. The van der Waals surface area contributed by atoms with E-state index in [1.165, 1.54) is 11.6 Å². The number of aldehydes is 1. The van der Waals surface area contributed by atoms with Crippen LogP contribution in [0.25, 0.3) is 11.6 Å². The predicted molar refractivity (Wildman–Crippen MR) is 178 cm³/mol. The summed E-state index contributed by atoms with van der Waals surface area (Å²) in [7, 11) is 3.81. The molecular weight excluding hydrogens is 539 g/mol. The second-order valence-electron chi connectivity index (χ2n) is 10.1. The third kappa shape index (κ3) is 8.94. The normalized spacial score (nSPS) is 17.0. The molecule has 0 bridgehead atoms. The van der Waals surface area contributed by atoms with E-state index >= 15 is 0 Å². The number of benzene rings is 2. The summed E-state index contributed by atoms with van der Waals surface area (Å²) in [5, 5.41) is 2.93. The first kappa shape index (κ1) is 35.1. The first-order valence-corrected chi connectivity index (χ1v) is 15.0. The van der Waals surface area contributed by atoms with Gasteiger partial charge in [-0.2, -0.15) is 0 Å². The zero-order valence-electron chi connectivity index (χ0n) is 27.0. The van der Waals surface area contributed by atoms with E-state index in [0.717, 1.165) is 30.5 Å². The lowest BCUT2D eigenvalue weighted by atomic mass is 9.93. The zero-order valence-corrected chi connectivity index (χ0v) is 27.0. The van der Waals surface area contributed by atoms with Gasteiger partial charge in [0.2, 0.25) is 0 Å². The lowest BCUT2D eigenvalue weighted by Gasteiger charge is -2.36. The van der Waals surface area contributed by atoms with Crippen molar-refractivity contribution < 1.29 is 14.0 Å². The number of aliphatic imine (C=N–C) groups is 1. The third-order valence-corrected chi connectivity index (χ3v) is 7.33. The summed E-state index contributed by atoms with van der Waals surface area (Å²) in [6.07, 6.45) is 7.41. The molecule has 0 fully saturated rings. The molecule has 0 saturated carbocycles. The standard InChI is InChI=1S/C31H32FN3O2.C3H9N.C2H6/c1-6-25-18-29(31(37)35-14-13-24-9-7-8-10-27(24)22(35)4)33-30(34(25)5)16-21(3)26-12-11-23(17-28(26)32)15-20(2)19-36;1-3-4-2;1-2/h7-12,15-19,22H,3,6,13-14H2,1-2,4-5H3;4H,3H2,1-2H3;1-2H3/b20-15+,30-16-;;. The maximum absolute atomic E-state index is 14.9. The van der Waals surface area contributed by atoms with Crippen molar-refractivity contribution >= 4 is 29.6 Å². The predicted octanol–water partition coefficient (Wildman–Crippen LogP) is 7.36. The van der Waals surface area contributed by atoms with Gasteiger partial charge in [-0.1, -0.05) is 70.7 Å². The number of nitrogens with one attached hydrogen (secondary N) is 1. The summed E-state index contributed by atoms with van der Waals surface area (Å²) in [6.45, 7) is 17.6. The molecule has 1 unspecified atom stereocenters. The van der Waals surface area contributed by atoms with E-state index in [4.69, 9.17) is 4.99 Å². The van der Waals surface area contributed by atoms with Crippen molar-refractivity contribution in [3.8, 4) is 0 Å². The Bertz CT molecular complexity index is 1420. The highest BCUT2D eigenvalue weighted by Crippen LogP contribution is 2.31. The van der Waals surface area contributed by atoms with Crippen LogP contribution in [-0.4, -0.2) is 54.9 Å². The van der Waals surface area contributed by atoms with E-state index in [-0.39, 0.29) is 11.9 Å². The molecule has 0 aromatic heterocycles. The van der Waals surface area contributed by atoms with Crippen LogP contribution in [-0.2, 0) is 16.0 Å². The van der Waals surface area contributed by atoms with Crippen LogP contribution in [0.4, 0.5) is 4.39 Å². The molecule has 0 radical (unpaired) electrons. The smallest absolute Gasteiger partial charge is 0.273 e. The van der Waals surface area contributed by atoms with Gasteiger partial charge in [0.15, 0.2) is 0 Å². The SMILES string of the molecule is C=C(/C=C1/N=C(C(=O)N2CCc3ccccc3C2C)C=C(CC)N1C)c1ccc(/C=C(\C)C=O)cc1F.CC.CCNC. The largest absolute Gasteiger partial charge is 0.333 e. The van der Waals surface area contributed by atoms with Crippen molar-refractivity contribution in [1.82, 2.24) is 15.1 Å². The molecule has 0 spiro atoms. The van der Waals surface area contributed by atoms with Crippen LogP contribution in [0.1, 0.15) is 76.3 Å². The van der Waals surface area contributed by atoms with Gasteiger partial charge in [0.1, 0.15) is 23.6 Å². The number of carbonyl (C=O) groups excluding carboxylic acids is 2. The number of halogens is 1. The van der Waals surface area contributed by atoms with E-state index in [0.29, 0.717) is 46.8 Å². The molecule has 0 aliphatic carbocycles. The second-order valence-corrected chi connectivity index (χ2v) is 10.1. The lowest BCUT2D eigenvalue weighted by Crippen LogP contribution is -2.43. The number of rotatable bonds is 7. The Kier molecular flexibility index (Phi) is 14.0. The molecular formula is C36H47FN4O2. The summed E-state index contributed by atoms with van der Waals surface area (Å²) in [5.74, 6) is -0.0385. The maximum Gasteiger partial charge on any atom is 0.273 e. The van der Waals surface area contributed by atoms with Crippen molar-refractivity contribution in [3.05, 3.63) is 106 Å². The molecule has 230 valence electrons. The number of nitrogens with zero attached hydrogens (tertiary/aromatic N) is 3. The maximum atomic E-state index is 14.9. The van der Waals surface area contributed by atoms with Gasteiger partial charge in [0.25, 0.3) is 5.91 Å². The summed E-state index contributed by atoms with van der Waals surface area (Å²) in [4.78, 5) is 33.0. The quantitative estimate of drug-likeness (QED) is 0.272. The molecule has 2 aromatic carbocycles. The molecule has 2 aromatic rings. The van der Waals surface area contributed by atoms with Crippen molar-refractivity contribution in [2.24, 2.45) is 4.99 Å². The van der Waals surface area contributed by atoms with Gasteiger partial charge in [0, 0.05) is 24.9 Å². The van der Waals surface area contributed by atoms with Crippen LogP contribution >= 0.6 is 0 Å². The van der Waals surface area contributed by atoms with Crippen molar-refractivity contribution in [1.29, 1.82) is 0 Å². The molecule has 1 N–H and O–H groups in total. The summed E-state index contributed by atoms with van der Waals surface area (Å²) < 4.78 is 14.9. The molecule has 7 heteroatoms. The number of amides is 1. The summed E-state index contributed by atoms with van der Waals surface area (Å²) in [5.41, 5.74) is 5.62. The number of carbonyl (C=O) groups is 2. The molecule has 4 rings (SSSR count). The first-order chi connectivity index (χ1) is 20.6. The van der Waals surface area contributed by atoms with E-state index in [1.54, 1.807) is 31.2 Å². The molecule has 2 aliphatic heterocycles. The monoisotopic (exact) mass is 586 g/mol. The van der Waals surface area contributed by atoms with Gasteiger partial charge in [-0.25, -0.2) is 9.38 Å². The van der Waals surface area contributed by atoms with E-state index in [1.807, 2.05) is 69.8 Å². The molecule has 0 saturated heterocycles. The van der Waals surface area contributed by atoms with Crippen molar-refractivity contribution in [3.63, 3.8) is 0 Å². The number of fused-ring (bicyclic) bond motifs is 1. The number of allylic oxidation sites excluding steroid dienone is 4. The van der Waals surface area contributed by atoms with Crippen molar-refractivity contribution in [2.75, 3.05) is 27.2 Å². The molecule has 6 nitrogen and oxygen atoms in total. The molecule has 43 heavy (non-hydrogen) atoms. The second kappa shape index (κ2) is 17.1. The molecule has 1 amide bonds. The zero-order chi connectivity index (χ0) is 32.1.